The maximum Gasteiger partial charge on any atom is 0.336 e. The Hall–Kier alpha value is -4.99. The normalized spacial score (nSPS) is 11.7. The summed E-state index contributed by atoms with van der Waals surface area (Å²) >= 11 is 0. The standard InChI is InChI=1S/C26H23N3O7/c1-18(35-22-12-10-21(11-13-22)29(32)33)26(31)28-27-17-20-8-14-23(24(16-20)34-2)36-25(30)15-9-19-6-4-3-5-7-19/h3-18H,1-2H3,(H,28,31)/b15-9+,27-17-/t18-/m0/s1. The van der Waals surface area contributed by atoms with Crippen molar-refractivity contribution in [3.8, 4) is 17.2 Å². The molecule has 0 fully saturated rings. The molecule has 3 rings (SSSR count). The Kier molecular flexibility index (Phi) is 8.88. The minimum atomic E-state index is -0.899. The molecule has 0 saturated heterocycles. The first-order valence-electron chi connectivity index (χ1n) is 10.7. The molecule has 10 heteroatoms. The highest BCUT2D eigenvalue weighted by molar-refractivity contribution is 5.89. The molecule has 0 saturated carbocycles. The van der Waals surface area contributed by atoms with E-state index in [0.717, 1.165) is 5.56 Å². The SMILES string of the molecule is COc1cc(/C=N\NC(=O)[C@H](C)Oc2ccc([N+](=O)[O-])cc2)ccc1OC(=O)/C=C/c1ccccc1. The number of hydrogen-bond acceptors (Lipinski definition) is 8. The lowest BCUT2D eigenvalue weighted by Crippen LogP contribution is -2.33. The first kappa shape index (κ1) is 25.6. The monoisotopic (exact) mass is 489 g/mol. The average molecular weight is 489 g/mol. The summed E-state index contributed by atoms with van der Waals surface area (Å²) in [4.78, 5) is 34.6. The van der Waals surface area contributed by atoms with E-state index in [9.17, 15) is 19.7 Å². The maximum atomic E-state index is 12.2. The van der Waals surface area contributed by atoms with Gasteiger partial charge >= 0.3 is 5.97 Å². The van der Waals surface area contributed by atoms with Gasteiger partial charge in [0, 0.05) is 18.2 Å². The number of amides is 1. The summed E-state index contributed by atoms with van der Waals surface area (Å²) in [6.07, 6.45) is 3.45. The number of nitro benzene ring substituents is 1. The van der Waals surface area contributed by atoms with Crippen molar-refractivity contribution in [2.75, 3.05) is 7.11 Å². The van der Waals surface area contributed by atoms with Crippen LogP contribution in [0.3, 0.4) is 0 Å². The highest BCUT2D eigenvalue weighted by Gasteiger charge is 2.15. The Morgan fingerprint density at radius 1 is 1.00 bits per heavy atom. The van der Waals surface area contributed by atoms with Gasteiger partial charge in [-0.05, 0) is 54.5 Å². The van der Waals surface area contributed by atoms with E-state index in [2.05, 4.69) is 10.5 Å². The van der Waals surface area contributed by atoms with Crippen LogP contribution >= 0.6 is 0 Å². The van der Waals surface area contributed by atoms with Gasteiger partial charge in [0.25, 0.3) is 11.6 Å². The van der Waals surface area contributed by atoms with Crippen molar-refractivity contribution in [2.24, 2.45) is 5.10 Å². The summed E-state index contributed by atoms with van der Waals surface area (Å²) in [7, 11) is 1.44. The third-order valence-electron chi connectivity index (χ3n) is 4.73. The average Bonchev–Trinajstić information content (AvgIpc) is 2.89. The van der Waals surface area contributed by atoms with E-state index in [1.54, 1.807) is 24.3 Å². The van der Waals surface area contributed by atoms with Gasteiger partial charge in [0.1, 0.15) is 5.75 Å². The quantitative estimate of drug-likeness (QED) is 0.113. The minimum absolute atomic E-state index is 0.0797. The number of nitro groups is 1. The molecule has 0 spiro atoms. The van der Waals surface area contributed by atoms with Gasteiger partial charge in [-0.1, -0.05) is 30.3 Å². The third kappa shape index (κ3) is 7.52. The number of hydrogen-bond donors (Lipinski definition) is 1. The van der Waals surface area contributed by atoms with Crippen molar-refractivity contribution >= 4 is 29.9 Å². The molecule has 0 aliphatic carbocycles. The van der Waals surface area contributed by atoms with Crippen molar-refractivity contribution in [3.63, 3.8) is 0 Å². The fourth-order valence-electron chi connectivity index (χ4n) is 2.89. The second kappa shape index (κ2) is 12.5. The molecule has 1 atom stereocenters. The molecule has 0 aromatic heterocycles. The van der Waals surface area contributed by atoms with Gasteiger partial charge in [0.05, 0.1) is 18.2 Å². The second-order valence-corrected chi connectivity index (χ2v) is 7.32. The van der Waals surface area contributed by atoms with Crippen LogP contribution in [0.1, 0.15) is 18.1 Å². The van der Waals surface area contributed by atoms with Gasteiger partial charge in [-0.2, -0.15) is 5.10 Å². The second-order valence-electron chi connectivity index (χ2n) is 7.32. The highest BCUT2D eigenvalue weighted by Crippen LogP contribution is 2.28. The summed E-state index contributed by atoms with van der Waals surface area (Å²) in [5, 5.41) is 14.6. The van der Waals surface area contributed by atoms with Crippen LogP contribution < -0.4 is 19.6 Å². The molecule has 10 nitrogen and oxygen atoms in total. The van der Waals surface area contributed by atoms with Crippen molar-refractivity contribution in [3.05, 3.63) is 100 Å². The lowest BCUT2D eigenvalue weighted by Gasteiger charge is -2.12. The van der Waals surface area contributed by atoms with Crippen LogP contribution in [0.15, 0.2) is 84.0 Å². The molecule has 184 valence electrons. The highest BCUT2D eigenvalue weighted by atomic mass is 16.6. The topological polar surface area (TPSA) is 129 Å². The molecule has 0 heterocycles. The van der Waals surface area contributed by atoms with Crippen molar-refractivity contribution < 1.29 is 28.7 Å². The molecule has 0 unspecified atom stereocenters. The van der Waals surface area contributed by atoms with Gasteiger partial charge in [0.15, 0.2) is 17.6 Å². The first-order valence-corrected chi connectivity index (χ1v) is 10.7. The molecule has 1 N–H and O–H groups in total. The van der Waals surface area contributed by atoms with Crippen molar-refractivity contribution in [2.45, 2.75) is 13.0 Å². The van der Waals surface area contributed by atoms with Gasteiger partial charge in [-0.25, -0.2) is 10.2 Å². The lowest BCUT2D eigenvalue weighted by molar-refractivity contribution is -0.384. The summed E-state index contributed by atoms with van der Waals surface area (Å²) in [6.45, 7) is 1.52. The molecule has 0 radical (unpaired) electrons. The van der Waals surface area contributed by atoms with Crippen molar-refractivity contribution in [1.82, 2.24) is 5.43 Å². The fraction of sp³-hybridized carbons (Fsp3) is 0.115. The number of hydrazone groups is 1. The molecule has 3 aromatic rings. The number of nitrogens with zero attached hydrogens (tertiary/aromatic N) is 2. The zero-order valence-electron chi connectivity index (χ0n) is 19.5. The lowest BCUT2D eigenvalue weighted by atomic mass is 10.2. The van der Waals surface area contributed by atoms with Gasteiger partial charge in [-0.3, -0.25) is 14.9 Å². The third-order valence-corrected chi connectivity index (χ3v) is 4.73. The van der Waals surface area contributed by atoms with E-state index >= 15 is 0 Å². The summed E-state index contributed by atoms with van der Waals surface area (Å²) in [6, 6.07) is 19.5. The van der Waals surface area contributed by atoms with Crippen LogP contribution in [-0.4, -0.2) is 36.2 Å². The van der Waals surface area contributed by atoms with Crippen LogP contribution in [-0.2, 0) is 9.59 Å². The van der Waals surface area contributed by atoms with Crippen LogP contribution in [0, 0.1) is 10.1 Å². The Balaban J connectivity index is 1.55. The first-order chi connectivity index (χ1) is 17.4. The maximum absolute atomic E-state index is 12.2. The van der Waals surface area contributed by atoms with E-state index in [4.69, 9.17) is 14.2 Å². The predicted molar refractivity (Wildman–Crippen MR) is 133 cm³/mol. The van der Waals surface area contributed by atoms with Crippen LogP contribution in [0.5, 0.6) is 17.2 Å². The molecule has 36 heavy (non-hydrogen) atoms. The number of benzene rings is 3. The van der Waals surface area contributed by atoms with E-state index in [0.29, 0.717) is 17.1 Å². The molecule has 3 aromatic carbocycles. The fourth-order valence-corrected chi connectivity index (χ4v) is 2.89. The van der Waals surface area contributed by atoms with Crippen LogP contribution in [0.25, 0.3) is 6.08 Å². The van der Waals surface area contributed by atoms with Gasteiger partial charge < -0.3 is 14.2 Å². The Morgan fingerprint density at radius 3 is 2.39 bits per heavy atom. The number of ether oxygens (including phenoxy) is 3. The molecule has 0 aliphatic rings. The Bertz CT molecular complexity index is 1270. The Labute approximate surface area is 207 Å². The van der Waals surface area contributed by atoms with E-state index in [1.807, 2.05) is 30.3 Å². The van der Waals surface area contributed by atoms with Crippen LogP contribution in [0.2, 0.25) is 0 Å². The van der Waals surface area contributed by atoms with E-state index in [1.165, 1.54) is 50.6 Å². The zero-order chi connectivity index (χ0) is 25.9. The molecule has 1 amide bonds. The predicted octanol–water partition coefficient (Wildman–Crippen LogP) is 4.14. The molecular formula is C26H23N3O7. The number of methoxy groups -OCH3 is 1. The van der Waals surface area contributed by atoms with Gasteiger partial charge in [0.2, 0.25) is 0 Å². The minimum Gasteiger partial charge on any atom is -0.493 e. The Morgan fingerprint density at radius 2 is 1.72 bits per heavy atom. The number of esters is 1. The smallest absolute Gasteiger partial charge is 0.336 e. The number of carbonyl (C=O) groups is 2. The summed E-state index contributed by atoms with van der Waals surface area (Å²) < 4.78 is 16.1. The van der Waals surface area contributed by atoms with Crippen molar-refractivity contribution in [1.29, 1.82) is 0 Å². The zero-order valence-corrected chi connectivity index (χ0v) is 19.5. The number of non-ortho nitro benzene ring substituents is 1. The van der Waals surface area contributed by atoms with Crippen LogP contribution in [0.4, 0.5) is 5.69 Å². The largest absolute Gasteiger partial charge is 0.493 e. The van der Waals surface area contributed by atoms with E-state index < -0.39 is 22.9 Å². The summed E-state index contributed by atoms with van der Waals surface area (Å²) in [5.41, 5.74) is 3.72. The van der Waals surface area contributed by atoms with E-state index in [-0.39, 0.29) is 11.4 Å². The molecular weight excluding hydrogens is 466 g/mol. The molecule has 0 bridgehead atoms. The molecule has 0 aliphatic heterocycles. The number of nitrogens with one attached hydrogen (secondary N) is 1. The van der Waals surface area contributed by atoms with Gasteiger partial charge in [-0.15, -0.1) is 0 Å². The summed E-state index contributed by atoms with van der Waals surface area (Å²) in [5.74, 6) is -0.242. The number of rotatable bonds is 10. The number of carbonyl (C=O) groups excluding carboxylic acids is 2.